The lowest BCUT2D eigenvalue weighted by atomic mass is 10.1. The Morgan fingerprint density at radius 3 is 2.80 bits per heavy atom. The topological polar surface area (TPSA) is 81.8 Å². The van der Waals surface area contributed by atoms with E-state index in [0.717, 1.165) is 17.9 Å². The molecule has 136 valence electrons. The first-order chi connectivity index (χ1) is 11.9. The number of urea groups is 1. The molecule has 7 nitrogen and oxygen atoms in total. The molecule has 2 N–H and O–H groups in total. The van der Waals surface area contributed by atoms with Gasteiger partial charge in [0.15, 0.2) is 0 Å². The number of nitrogens with one attached hydrogen (secondary N) is 2. The molecule has 1 aliphatic rings. The Labute approximate surface area is 146 Å². The van der Waals surface area contributed by atoms with Crippen LogP contribution >= 0.6 is 0 Å². The predicted molar refractivity (Wildman–Crippen MR) is 90.1 cm³/mol. The van der Waals surface area contributed by atoms with Gasteiger partial charge in [-0.3, -0.25) is 14.5 Å². The van der Waals surface area contributed by atoms with Crippen LogP contribution in [0.4, 0.5) is 9.18 Å². The first-order valence-electron chi connectivity index (χ1n) is 8.14. The number of halogens is 1. The van der Waals surface area contributed by atoms with Crippen molar-refractivity contribution in [3.8, 4) is 0 Å². The number of carbonyl (C=O) groups excluding carboxylic acids is 3. The maximum absolute atomic E-state index is 13.2. The van der Waals surface area contributed by atoms with Crippen LogP contribution in [0, 0.1) is 5.82 Å². The molecule has 0 spiro atoms. The molecule has 0 aromatic heterocycles. The molecule has 1 saturated heterocycles. The summed E-state index contributed by atoms with van der Waals surface area (Å²) in [5.74, 6) is -1.19. The molecule has 4 amide bonds. The maximum Gasteiger partial charge on any atom is 0.325 e. The van der Waals surface area contributed by atoms with E-state index in [1.807, 2.05) is 19.0 Å². The average molecular weight is 350 g/mol. The van der Waals surface area contributed by atoms with Gasteiger partial charge in [-0.25, -0.2) is 9.18 Å². The van der Waals surface area contributed by atoms with E-state index < -0.39 is 23.8 Å². The quantitative estimate of drug-likeness (QED) is 0.534. The van der Waals surface area contributed by atoms with Crippen molar-refractivity contribution >= 4 is 17.8 Å². The zero-order chi connectivity index (χ0) is 18.4. The molecule has 1 heterocycles. The molecule has 1 aliphatic heterocycles. The maximum atomic E-state index is 13.2. The summed E-state index contributed by atoms with van der Waals surface area (Å²) < 4.78 is 13.2. The van der Waals surface area contributed by atoms with E-state index in [1.54, 1.807) is 6.07 Å². The van der Waals surface area contributed by atoms with Gasteiger partial charge in [0.2, 0.25) is 5.91 Å². The van der Waals surface area contributed by atoms with E-state index >= 15 is 0 Å². The molecule has 0 bridgehead atoms. The molecule has 8 heteroatoms. The molecule has 1 aromatic rings. The third-order valence-corrected chi connectivity index (χ3v) is 3.83. The van der Waals surface area contributed by atoms with E-state index in [9.17, 15) is 18.8 Å². The average Bonchev–Trinajstić information content (AvgIpc) is 2.79. The van der Waals surface area contributed by atoms with Crippen LogP contribution in [0.3, 0.4) is 0 Å². The zero-order valence-electron chi connectivity index (χ0n) is 14.4. The third kappa shape index (κ3) is 5.53. The summed E-state index contributed by atoms with van der Waals surface area (Å²) in [6, 6.07) is 4.26. The highest BCUT2D eigenvalue weighted by atomic mass is 19.1. The van der Waals surface area contributed by atoms with Crippen LogP contribution < -0.4 is 10.6 Å². The summed E-state index contributed by atoms with van der Waals surface area (Å²) in [7, 11) is 3.89. The van der Waals surface area contributed by atoms with Gasteiger partial charge in [0.1, 0.15) is 11.9 Å². The smallest absolute Gasteiger partial charge is 0.325 e. The van der Waals surface area contributed by atoms with Crippen molar-refractivity contribution in [2.45, 2.75) is 25.4 Å². The van der Waals surface area contributed by atoms with Crippen molar-refractivity contribution in [2.24, 2.45) is 0 Å². The van der Waals surface area contributed by atoms with Crippen LogP contribution in [0.1, 0.15) is 18.4 Å². The van der Waals surface area contributed by atoms with E-state index in [0.29, 0.717) is 12.1 Å². The summed E-state index contributed by atoms with van der Waals surface area (Å²) in [6.07, 6.45) is 0.696. The summed E-state index contributed by atoms with van der Waals surface area (Å²) >= 11 is 0. The molecule has 0 radical (unpaired) electrons. The second-order valence-electron chi connectivity index (χ2n) is 6.27. The van der Waals surface area contributed by atoms with Crippen LogP contribution in [0.25, 0.3) is 0 Å². The lowest BCUT2D eigenvalue weighted by Crippen LogP contribution is -2.37. The Balaban J connectivity index is 1.84. The summed E-state index contributed by atoms with van der Waals surface area (Å²) in [5.41, 5.74) is 0.511. The molecular formula is C17H23FN4O3. The SMILES string of the molecule is CN(C)CCCNC(=O)CC1NC(=O)N(Cc2cccc(F)c2)C1=O. The summed E-state index contributed by atoms with van der Waals surface area (Å²) in [6.45, 7) is 1.34. The van der Waals surface area contributed by atoms with Gasteiger partial charge in [0.05, 0.1) is 13.0 Å². The number of imide groups is 1. The van der Waals surface area contributed by atoms with E-state index in [-0.39, 0.29) is 18.9 Å². The first-order valence-corrected chi connectivity index (χ1v) is 8.14. The van der Waals surface area contributed by atoms with Crippen molar-refractivity contribution in [2.75, 3.05) is 27.2 Å². The fraction of sp³-hybridized carbons (Fsp3) is 0.471. The van der Waals surface area contributed by atoms with Gasteiger partial charge in [-0.05, 0) is 44.8 Å². The summed E-state index contributed by atoms with van der Waals surface area (Å²) in [4.78, 5) is 39.2. The minimum absolute atomic E-state index is 0.0244. The van der Waals surface area contributed by atoms with Crippen molar-refractivity contribution < 1.29 is 18.8 Å². The lowest BCUT2D eigenvalue weighted by Gasteiger charge is -2.13. The predicted octanol–water partition coefficient (Wildman–Crippen LogP) is 0.704. The first kappa shape index (κ1) is 18.9. The number of nitrogens with zero attached hydrogens (tertiary/aromatic N) is 2. The summed E-state index contributed by atoms with van der Waals surface area (Å²) in [5, 5.41) is 5.24. The minimum atomic E-state index is -0.880. The molecule has 25 heavy (non-hydrogen) atoms. The Hall–Kier alpha value is -2.48. The van der Waals surface area contributed by atoms with Crippen molar-refractivity contribution in [3.05, 3.63) is 35.6 Å². The van der Waals surface area contributed by atoms with Gasteiger partial charge in [-0.1, -0.05) is 12.1 Å². The fourth-order valence-electron chi connectivity index (χ4n) is 2.56. The zero-order valence-corrected chi connectivity index (χ0v) is 14.4. The molecule has 2 rings (SSSR count). The Morgan fingerprint density at radius 2 is 2.12 bits per heavy atom. The fourth-order valence-corrected chi connectivity index (χ4v) is 2.56. The molecule has 1 fully saturated rings. The van der Waals surface area contributed by atoms with E-state index in [2.05, 4.69) is 10.6 Å². The molecule has 1 unspecified atom stereocenters. The third-order valence-electron chi connectivity index (χ3n) is 3.83. The molecule has 0 saturated carbocycles. The van der Waals surface area contributed by atoms with Crippen molar-refractivity contribution in [1.82, 2.24) is 20.4 Å². The van der Waals surface area contributed by atoms with Crippen molar-refractivity contribution in [3.63, 3.8) is 0 Å². The minimum Gasteiger partial charge on any atom is -0.356 e. The van der Waals surface area contributed by atoms with Gasteiger partial charge in [0.25, 0.3) is 5.91 Å². The van der Waals surface area contributed by atoms with Gasteiger partial charge in [0, 0.05) is 6.54 Å². The monoisotopic (exact) mass is 350 g/mol. The van der Waals surface area contributed by atoms with Gasteiger partial charge < -0.3 is 15.5 Å². The number of amides is 4. The van der Waals surface area contributed by atoms with Gasteiger partial charge in [-0.2, -0.15) is 0 Å². The number of hydrogen-bond donors (Lipinski definition) is 2. The molecular weight excluding hydrogens is 327 g/mol. The Bertz CT molecular complexity index is 651. The highest BCUT2D eigenvalue weighted by Gasteiger charge is 2.38. The molecule has 0 aliphatic carbocycles. The van der Waals surface area contributed by atoms with Crippen LogP contribution in [-0.2, 0) is 16.1 Å². The Kier molecular flexibility index (Phi) is 6.46. The van der Waals surface area contributed by atoms with Crippen LogP contribution in [0.5, 0.6) is 0 Å². The standard InChI is InChI=1S/C17H23FN4O3/c1-21(2)8-4-7-19-15(23)10-14-16(24)22(17(25)20-14)11-12-5-3-6-13(18)9-12/h3,5-6,9,14H,4,7-8,10-11H2,1-2H3,(H,19,23)(H,20,25). The van der Waals surface area contributed by atoms with Crippen molar-refractivity contribution in [1.29, 1.82) is 0 Å². The number of carbonyl (C=O) groups is 3. The van der Waals surface area contributed by atoms with Gasteiger partial charge in [-0.15, -0.1) is 0 Å². The van der Waals surface area contributed by atoms with Crippen LogP contribution in [0.15, 0.2) is 24.3 Å². The Morgan fingerprint density at radius 1 is 1.36 bits per heavy atom. The highest BCUT2D eigenvalue weighted by molar-refractivity contribution is 6.05. The highest BCUT2D eigenvalue weighted by Crippen LogP contribution is 2.14. The van der Waals surface area contributed by atoms with E-state index in [1.165, 1.54) is 18.2 Å². The number of benzene rings is 1. The normalized spacial score (nSPS) is 17.1. The van der Waals surface area contributed by atoms with Crippen LogP contribution in [-0.4, -0.2) is 60.9 Å². The van der Waals surface area contributed by atoms with E-state index in [4.69, 9.17) is 0 Å². The van der Waals surface area contributed by atoms with Gasteiger partial charge >= 0.3 is 6.03 Å². The van der Waals surface area contributed by atoms with Crippen LogP contribution in [0.2, 0.25) is 0 Å². The number of rotatable bonds is 8. The molecule has 1 aromatic carbocycles. The molecule has 1 atom stereocenters. The largest absolute Gasteiger partial charge is 0.356 e. The number of hydrogen-bond acceptors (Lipinski definition) is 4. The second kappa shape index (κ2) is 8.57. The lowest BCUT2D eigenvalue weighted by molar-refractivity contribution is -0.131. The second-order valence-corrected chi connectivity index (χ2v) is 6.27.